The molecular formula is C24H32N2O4. The van der Waals surface area contributed by atoms with Gasteiger partial charge in [0.1, 0.15) is 17.1 Å². The zero-order valence-corrected chi connectivity index (χ0v) is 18.6. The molecule has 2 aromatic carbocycles. The Labute approximate surface area is 179 Å². The van der Waals surface area contributed by atoms with Gasteiger partial charge >= 0.3 is 6.09 Å². The molecule has 0 radical (unpaired) electrons. The van der Waals surface area contributed by atoms with Crippen LogP contribution in [0.1, 0.15) is 31.9 Å². The van der Waals surface area contributed by atoms with Crippen molar-refractivity contribution in [1.29, 1.82) is 0 Å². The Balaban J connectivity index is 1.68. The lowest BCUT2D eigenvalue weighted by molar-refractivity contribution is -0.0188. The van der Waals surface area contributed by atoms with Crippen molar-refractivity contribution in [3.05, 3.63) is 59.7 Å². The van der Waals surface area contributed by atoms with E-state index >= 15 is 0 Å². The van der Waals surface area contributed by atoms with Gasteiger partial charge in [-0.05, 0) is 56.2 Å². The number of rotatable bonds is 7. The second-order valence-corrected chi connectivity index (χ2v) is 8.64. The highest BCUT2D eigenvalue weighted by atomic mass is 16.6. The van der Waals surface area contributed by atoms with Gasteiger partial charge in [0.25, 0.3) is 0 Å². The second kappa shape index (κ2) is 9.39. The Hall–Kier alpha value is -2.73. The number of hydrogen-bond acceptors (Lipinski definition) is 5. The lowest BCUT2D eigenvalue weighted by atomic mass is 10.0. The summed E-state index contributed by atoms with van der Waals surface area (Å²) in [6.07, 6.45) is -0.243. The van der Waals surface area contributed by atoms with Crippen LogP contribution < -0.4 is 9.47 Å². The van der Waals surface area contributed by atoms with Gasteiger partial charge < -0.3 is 19.1 Å². The van der Waals surface area contributed by atoms with Crippen LogP contribution in [0.4, 0.5) is 4.79 Å². The molecule has 2 aromatic rings. The maximum absolute atomic E-state index is 12.3. The number of methoxy groups -OCH3 is 2. The molecule has 1 amide bonds. The van der Waals surface area contributed by atoms with Crippen LogP contribution in [-0.4, -0.2) is 54.8 Å². The van der Waals surface area contributed by atoms with Crippen LogP contribution in [0.2, 0.25) is 0 Å². The number of benzene rings is 2. The SMILES string of the molecule is COc1ccc(CN(Cc2ccc(OC)cc2)C2CN(C(=O)OC(C)(C)C)C2)cc1. The molecule has 0 bridgehead atoms. The van der Waals surface area contributed by atoms with Crippen molar-refractivity contribution in [3.63, 3.8) is 0 Å². The summed E-state index contributed by atoms with van der Waals surface area (Å²) in [5.41, 5.74) is 1.94. The van der Waals surface area contributed by atoms with Crippen LogP contribution >= 0.6 is 0 Å². The summed E-state index contributed by atoms with van der Waals surface area (Å²) in [5, 5.41) is 0. The molecule has 162 valence electrons. The van der Waals surface area contributed by atoms with Gasteiger partial charge in [-0.25, -0.2) is 4.79 Å². The van der Waals surface area contributed by atoms with Gasteiger partial charge in [0.2, 0.25) is 0 Å². The molecule has 30 heavy (non-hydrogen) atoms. The predicted octanol–water partition coefficient (Wildman–Crippen LogP) is 4.33. The zero-order valence-electron chi connectivity index (χ0n) is 18.6. The molecule has 0 aromatic heterocycles. The van der Waals surface area contributed by atoms with E-state index in [9.17, 15) is 4.79 Å². The summed E-state index contributed by atoms with van der Waals surface area (Å²) in [6, 6.07) is 16.6. The molecule has 0 unspecified atom stereocenters. The summed E-state index contributed by atoms with van der Waals surface area (Å²) in [7, 11) is 3.34. The molecule has 1 aliphatic heterocycles. The van der Waals surface area contributed by atoms with Crippen molar-refractivity contribution in [2.75, 3.05) is 27.3 Å². The molecule has 1 aliphatic rings. The highest BCUT2D eigenvalue weighted by Gasteiger charge is 2.37. The summed E-state index contributed by atoms with van der Waals surface area (Å²) >= 11 is 0. The van der Waals surface area contributed by atoms with Crippen LogP contribution in [0.3, 0.4) is 0 Å². The molecule has 1 fully saturated rings. The molecule has 0 N–H and O–H groups in total. The van der Waals surface area contributed by atoms with Crippen molar-refractivity contribution in [1.82, 2.24) is 9.80 Å². The maximum atomic E-state index is 12.3. The number of carbonyl (C=O) groups excluding carboxylic acids is 1. The lowest BCUT2D eigenvalue weighted by Crippen LogP contribution is -2.61. The van der Waals surface area contributed by atoms with E-state index in [-0.39, 0.29) is 12.1 Å². The van der Waals surface area contributed by atoms with E-state index in [1.165, 1.54) is 11.1 Å². The van der Waals surface area contributed by atoms with Gasteiger partial charge in [0.05, 0.1) is 14.2 Å². The maximum Gasteiger partial charge on any atom is 0.410 e. The first-order valence-electron chi connectivity index (χ1n) is 10.3. The van der Waals surface area contributed by atoms with E-state index < -0.39 is 5.60 Å². The zero-order chi connectivity index (χ0) is 21.7. The van der Waals surface area contributed by atoms with E-state index in [0.29, 0.717) is 13.1 Å². The standard InChI is InChI=1S/C24H32N2O4/c1-24(2,3)30-23(27)26-16-20(17-26)25(14-18-6-10-21(28-4)11-7-18)15-19-8-12-22(29-5)13-9-19/h6-13,20H,14-17H2,1-5H3. The Morgan fingerprint density at radius 1 is 0.900 bits per heavy atom. The Bertz CT molecular complexity index is 772. The van der Waals surface area contributed by atoms with Crippen molar-refractivity contribution in [2.24, 2.45) is 0 Å². The molecule has 3 rings (SSSR count). The second-order valence-electron chi connectivity index (χ2n) is 8.64. The Kier molecular flexibility index (Phi) is 6.87. The van der Waals surface area contributed by atoms with Crippen LogP contribution in [0.25, 0.3) is 0 Å². The monoisotopic (exact) mass is 412 g/mol. The number of nitrogens with zero attached hydrogens (tertiary/aromatic N) is 2. The fraction of sp³-hybridized carbons (Fsp3) is 0.458. The molecule has 6 nitrogen and oxygen atoms in total. The first-order valence-corrected chi connectivity index (χ1v) is 10.3. The molecule has 1 heterocycles. The normalized spacial score (nSPS) is 14.4. The van der Waals surface area contributed by atoms with Crippen molar-refractivity contribution in [3.8, 4) is 11.5 Å². The van der Waals surface area contributed by atoms with Gasteiger partial charge in [0.15, 0.2) is 0 Å². The average Bonchev–Trinajstić information content (AvgIpc) is 2.66. The highest BCUT2D eigenvalue weighted by molar-refractivity contribution is 5.69. The minimum absolute atomic E-state index is 0.243. The fourth-order valence-electron chi connectivity index (χ4n) is 3.41. The molecule has 0 saturated carbocycles. The minimum Gasteiger partial charge on any atom is -0.497 e. The summed E-state index contributed by atoms with van der Waals surface area (Å²) < 4.78 is 16.0. The molecule has 6 heteroatoms. The number of carbonyl (C=O) groups is 1. The average molecular weight is 413 g/mol. The molecule has 1 saturated heterocycles. The minimum atomic E-state index is -0.478. The number of ether oxygens (including phenoxy) is 3. The van der Waals surface area contributed by atoms with Crippen molar-refractivity contribution < 1.29 is 19.0 Å². The Morgan fingerprint density at radius 2 is 1.33 bits per heavy atom. The predicted molar refractivity (Wildman–Crippen MR) is 117 cm³/mol. The van der Waals surface area contributed by atoms with Gasteiger partial charge in [-0.15, -0.1) is 0 Å². The third-order valence-corrected chi connectivity index (χ3v) is 5.12. The first-order chi connectivity index (χ1) is 14.3. The summed E-state index contributed by atoms with van der Waals surface area (Å²) in [4.78, 5) is 16.5. The number of hydrogen-bond donors (Lipinski definition) is 0. The fourth-order valence-corrected chi connectivity index (χ4v) is 3.41. The third kappa shape index (κ3) is 5.89. The number of likely N-dealkylation sites (tertiary alicyclic amines) is 1. The van der Waals surface area contributed by atoms with E-state index in [1.54, 1.807) is 19.1 Å². The third-order valence-electron chi connectivity index (χ3n) is 5.12. The van der Waals surface area contributed by atoms with Gasteiger partial charge in [-0.1, -0.05) is 24.3 Å². The lowest BCUT2D eigenvalue weighted by Gasteiger charge is -2.45. The van der Waals surface area contributed by atoms with Crippen molar-refractivity contribution >= 4 is 6.09 Å². The van der Waals surface area contributed by atoms with E-state index in [0.717, 1.165) is 24.6 Å². The largest absolute Gasteiger partial charge is 0.497 e. The van der Waals surface area contributed by atoms with Crippen LogP contribution in [0.15, 0.2) is 48.5 Å². The van der Waals surface area contributed by atoms with Gasteiger partial charge in [-0.2, -0.15) is 0 Å². The Morgan fingerprint density at radius 3 is 1.70 bits per heavy atom. The van der Waals surface area contributed by atoms with Gasteiger partial charge in [0, 0.05) is 32.2 Å². The molecular weight excluding hydrogens is 380 g/mol. The molecule has 0 aliphatic carbocycles. The highest BCUT2D eigenvalue weighted by Crippen LogP contribution is 2.24. The van der Waals surface area contributed by atoms with Crippen LogP contribution in [0.5, 0.6) is 11.5 Å². The van der Waals surface area contributed by atoms with Crippen molar-refractivity contribution in [2.45, 2.75) is 45.5 Å². The quantitative estimate of drug-likeness (QED) is 0.678. The van der Waals surface area contributed by atoms with Crippen LogP contribution in [-0.2, 0) is 17.8 Å². The van der Waals surface area contributed by atoms with Gasteiger partial charge in [-0.3, -0.25) is 4.90 Å². The first kappa shape index (κ1) is 22.0. The smallest absolute Gasteiger partial charge is 0.410 e. The summed E-state index contributed by atoms with van der Waals surface area (Å²) in [5.74, 6) is 1.69. The molecule has 0 spiro atoms. The van der Waals surface area contributed by atoms with E-state index in [1.807, 2.05) is 45.0 Å². The number of amides is 1. The van der Waals surface area contributed by atoms with E-state index in [2.05, 4.69) is 29.2 Å². The van der Waals surface area contributed by atoms with E-state index in [4.69, 9.17) is 14.2 Å². The molecule has 0 atom stereocenters. The topological polar surface area (TPSA) is 51.2 Å². The van der Waals surface area contributed by atoms with Crippen LogP contribution in [0, 0.1) is 0 Å². The summed E-state index contributed by atoms with van der Waals surface area (Å²) in [6.45, 7) is 8.60.